The highest BCUT2D eigenvalue weighted by molar-refractivity contribution is 7.10. The van der Waals surface area contributed by atoms with Crippen molar-refractivity contribution >= 4 is 23.0 Å². The van der Waals surface area contributed by atoms with Crippen LogP contribution in [0.2, 0.25) is 0 Å². The smallest absolute Gasteiger partial charge is 0.306 e. The van der Waals surface area contributed by atoms with Crippen molar-refractivity contribution in [3.63, 3.8) is 0 Å². The fourth-order valence-electron chi connectivity index (χ4n) is 2.48. The first-order valence-electron chi connectivity index (χ1n) is 6.92. The summed E-state index contributed by atoms with van der Waals surface area (Å²) in [6.07, 6.45) is 1.54. The molecule has 0 aliphatic carbocycles. The largest absolute Gasteiger partial charge is 0.493 e. The molecular formula is C16H14N2O4S. The summed E-state index contributed by atoms with van der Waals surface area (Å²) in [5.74, 6) is -1.41. The third-order valence-corrected chi connectivity index (χ3v) is 4.57. The Hall–Kier alpha value is -2.67. The molecule has 7 heteroatoms. The fourth-order valence-corrected chi connectivity index (χ4v) is 3.32. The minimum absolute atomic E-state index is 0.0413. The van der Waals surface area contributed by atoms with Gasteiger partial charge in [-0.3, -0.25) is 14.0 Å². The minimum atomic E-state index is -0.598. The number of nitrogens with zero attached hydrogens (tertiary/aromatic N) is 2. The molecule has 0 fully saturated rings. The van der Waals surface area contributed by atoms with Gasteiger partial charge in [-0.05, 0) is 23.6 Å². The van der Waals surface area contributed by atoms with E-state index in [-0.39, 0.29) is 17.9 Å². The molecular weight excluding hydrogens is 316 g/mol. The summed E-state index contributed by atoms with van der Waals surface area (Å²) in [5, 5.41) is 12.1. The van der Waals surface area contributed by atoms with E-state index >= 15 is 0 Å². The molecule has 3 aromatic heterocycles. The monoisotopic (exact) mass is 330 g/mol. The Balaban J connectivity index is 2.21. The highest BCUT2D eigenvalue weighted by atomic mass is 32.1. The summed E-state index contributed by atoms with van der Waals surface area (Å²) < 4.78 is 6.08. The average molecular weight is 330 g/mol. The molecule has 23 heavy (non-hydrogen) atoms. The number of ether oxygens (including phenoxy) is 1. The Morgan fingerprint density at radius 3 is 2.91 bits per heavy atom. The molecule has 3 heterocycles. The maximum Gasteiger partial charge on any atom is 0.306 e. The van der Waals surface area contributed by atoms with Crippen LogP contribution in [0.5, 0.6) is 5.88 Å². The van der Waals surface area contributed by atoms with Gasteiger partial charge in [-0.1, -0.05) is 12.1 Å². The normalized spacial score (nSPS) is 12.2. The summed E-state index contributed by atoms with van der Waals surface area (Å²) >= 11 is 1.41. The van der Waals surface area contributed by atoms with Gasteiger partial charge in [-0.25, -0.2) is 0 Å². The molecule has 118 valence electrons. The maximum absolute atomic E-state index is 12.8. The molecule has 0 saturated heterocycles. The number of esters is 1. The number of carbonyl (C=O) groups excluding carboxylic acids is 1. The van der Waals surface area contributed by atoms with Crippen molar-refractivity contribution < 1.29 is 14.6 Å². The molecule has 0 spiro atoms. The van der Waals surface area contributed by atoms with Crippen LogP contribution >= 0.6 is 11.3 Å². The van der Waals surface area contributed by atoms with Crippen LogP contribution in [0.15, 0.2) is 46.7 Å². The van der Waals surface area contributed by atoms with Crippen LogP contribution in [0.1, 0.15) is 22.8 Å². The zero-order valence-corrected chi connectivity index (χ0v) is 13.1. The molecule has 0 aliphatic rings. The first kappa shape index (κ1) is 15.2. The van der Waals surface area contributed by atoms with Gasteiger partial charge in [-0.2, -0.15) is 4.98 Å². The van der Waals surface area contributed by atoms with Crippen molar-refractivity contribution in [3.8, 4) is 5.88 Å². The van der Waals surface area contributed by atoms with E-state index in [1.54, 1.807) is 24.4 Å². The number of rotatable bonds is 4. The average Bonchev–Trinajstić information content (AvgIpc) is 3.08. The maximum atomic E-state index is 12.8. The van der Waals surface area contributed by atoms with E-state index in [0.717, 1.165) is 4.88 Å². The van der Waals surface area contributed by atoms with Gasteiger partial charge in [0.2, 0.25) is 5.88 Å². The van der Waals surface area contributed by atoms with Crippen LogP contribution in [0, 0.1) is 0 Å². The second-order valence-electron chi connectivity index (χ2n) is 4.93. The molecule has 0 amide bonds. The Morgan fingerprint density at radius 1 is 1.39 bits per heavy atom. The van der Waals surface area contributed by atoms with Gasteiger partial charge >= 0.3 is 5.97 Å². The highest BCUT2D eigenvalue weighted by Crippen LogP contribution is 2.33. The molecule has 1 atom stereocenters. The van der Waals surface area contributed by atoms with Gasteiger partial charge in [0.15, 0.2) is 0 Å². The molecule has 0 unspecified atom stereocenters. The number of aromatic nitrogens is 2. The fraction of sp³-hybridized carbons (Fsp3) is 0.188. The number of methoxy groups -OCH3 is 1. The molecule has 6 nitrogen and oxygen atoms in total. The second-order valence-corrected chi connectivity index (χ2v) is 5.91. The van der Waals surface area contributed by atoms with E-state index in [0.29, 0.717) is 5.65 Å². The Morgan fingerprint density at radius 2 is 2.22 bits per heavy atom. The van der Waals surface area contributed by atoms with Crippen molar-refractivity contribution in [2.24, 2.45) is 0 Å². The number of pyridine rings is 1. The van der Waals surface area contributed by atoms with Crippen molar-refractivity contribution in [2.45, 2.75) is 12.3 Å². The molecule has 0 aromatic carbocycles. The topological polar surface area (TPSA) is 80.9 Å². The number of hydrogen-bond donors (Lipinski definition) is 1. The van der Waals surface area contributed by atoms with Gasteiger partial charge in [0.05, 0.1) is 19.1 Å². The first-order valence-corrected chi connectivity index (χ1v) is 7.80. The van der Waals surface area contributed by atoms with Crippen LogP contribution in [0.25, 0.3) is 5.65 Å². The van der Waals surface area contributed by atoms with Gasteiger partial charge in [-0.15, -0.1) is 11.3 Å². The quantitative estimate of drug-likeness (QED) is 0.741. The van der Waals surface area contributed by atoms with Crippen molar-refractivity contribution in [1.82, 2.24) is 9.38 Å². The predicted octanol–water partition coefficient (Wildman–Crippen LogP) is 2.16. The van der Waals surface area contributed by atoms with Gasteiger partial charge in [0.25, 0.3) is 5.56 Å². The van der Waals surface area contributed by atoms with Crippen molar-refractivity contribution in [3.05, 3.63) is 62.7 Å². The molecule has 0 saturated carbocycles. The zero-order valence-electron chi connectivity index (χ0n) is 12.3. The number of thiophene rings is 1. The predicted molar refractivity (Wildman–Crippen MR) is 85.9 cm³/mol. The molecule has 0 aliphatic heterocycles. The number of aromatic hydroxyl groups is 1. The van der Waals surface area contributed by atoms with Crippen LogP contribution in [0.4, 0.5) is 0 Å². The van der Waals surface area contributed by atoms with E-state index in [1.165, 1.54) is 22.8 Å². The summed E-state index contributed by atoms with van der Waals surface area (Å²) in [5.41, 5.74) is 0.0544. The third-order valence-electron chi connectivity index (χ3n) is 3.58. The standard InChI is InChI=1S/C16H14N2O4S/c1-22-13(19)9-10(11-5-4-8-23-11)14-15(20)17-12-6-2-3-7-18(12)16(14)21/h2-8,10,20H,9H2,1H3/t10-/m1/s1. The molecule has 0 bridgehead atoms. The molecule has 1 N–H and O–H groups in total. The molecule has 3 rings (SSSR count). The molecule has 0 radical (unpaired) electrons. The lowest BCUT2D eigenvalue weighted by atomic mass is 9.95. The summed E-state index contributed by atoms with van der Waals surface area (Å²) in [4.78, 5) is 29.4. The lowest BCUT2D eigenvalue weighted by Gasteiger charge is -2.15. The Labute approximate surface area is 135 Å². The van der Waals surface area contributed by atoms with Gasteiger partial charge in [0.1, 0.15) is 5.65 Å². The lowest BCUT2D eigenvalue weighted by Crippen LogP contribution is -2.24. The van der Waals surface area contributed by atoms with E-state index in [2.05, 4.69) is 4.98 Å². The summed E-state index contributed by atoms with van der Waals surface area (Å²) in [7, 11) is 1.29. The van der Waals surface area contributed by atoms with Crippen LogP contribution < -0.4 is 5.56 Å². The van der Waals surface area contributed by atoms with E-state index in [4.69, 9.17) is 4.74 Å². The van der Waals surface area contributed by atoms with E-state index < -0.39 is 17.4 Å². The van der Waals surface area contributed by atoms with Crippen molar-refractivity contribution in [2.75, 3.05) is 7.11 Å². The zero-order chi connectivity index (χ0) is 16.4. The molecule has 3 aromatic rings. The summed E-state index contributed by atoms with van der Waals surface area (Å²) in [6, 6.07) is 8.71. The third kappa shape index (κ3) is 2.83. The van der Waals surface area contributed by atoms with Crippen molar-refractivity contribution in [1.29, 1.82) is 0 Å². The highest BCUT2D eigenvalue weighted by Gasteiger charge is 2.27. The second kappa shape index (κ2) is 6.21. The summed E-state index contributed by atoms with van der Waals surface area (Å²) in [6.45, 7) is 0. The number of fused-ring (bicyclic) bond motifs is 1. The van der Waals surface area contributed by atoms with E-state index in [9.17, 15) is 14.7 Å². The van der Waals surface area contributed by atoms with Crippen LogP contribution in [0.3, 0.4) is 0 Å². The lowest BCUT2D eigenvalue weighted by molar-refractivity contribution is -0.140. The van der Waals surface area contributed by atoms with Crippen LogP contribution in [-0.2, 0) is 9.53 Å². The Bertz CT molecular complexity index is 902. The van der Waals surface area contributed by atoms with Crippen LogP contribution in [-0.4, -0.2) is 27.6 Å². The van der Waals surface area contributed by atoms with Gasteiger partial charge < -0.3 is 9.84 Å². The Kier molecular flexibility index (Phi) is 4.12. The SMILES string of the molecule is COC(=O)C[C@H](c1cccs1)c1c(O)nc2ccccn2c1=O. The first-order chi connectivity index (χ1) is 11.1. The van der Waals surface area contributed by atoms with Gasteiger partial charge in [0, 0.05) is 17.0 Å². The number of hydrogen-bond acceptors (Lipinski definition) is 6. The minimum Gasteiger partial charge on any atom is -0.493 e. The van der Waals surface area contributed by atoms with E-state index in [1.807, 2.05) is 17.5 Å². The number of carbonyl (C=O) groups is 1.